The van der Waals surface area contributed by atoms with Gasteiger partial charge in [0.15, 0.2) is 0 Å². The summed E-state index contributed by atoms with van der Waals surface area (Å²) in [5.74, 6) is -0.232. The second-order valence-electron chi connectivity index (χ2n) is 4.17. The van der Waals surface area contributed by atoms with Gasteiger partial charge in [0.25, 0.3) is 5.91 Å². The van der Waals surface area contributed by atoms with E-state index < -0.39 is 0 Å². The van der Waals surface area contributed by atoms with E-state index in [2.05, 4.69) is 10.3 Å². The summed E-state index contributed by atoms with van der Waals surface area (Å²) in [4.78, 5) is 15.8. The summed E-state index contributed by atoms with van der Waals surface area (Å²) in [7, 11) is 0. The van der Waals surface area contributed by atoms with E-state index in [1.807, 2.05) is 61.5 Å². The third-order valence-electron chi connectivity index (χ3n) is 2.87. The summed E-state index contributed by atoms with van der Waals surface area (Å²) in [6, 6.07) is 3.47. The number of amides is 1. The Kier molecular flexibility index (Phi) is 22.3. The monoisotopic (exact) mass is 350 g/mol. The van der Waals surface area contributed by atoms with E-state index in [1.54, 1.807) is 12.3 Å². The van der Waals surface area contributed by atoms with E-state index in [1.165, 1.54) is 6.21 Å². The Balaban J connectivity index is -0.000000725. The lowest BCUT2D eigenvalue weighted by molar-refractivity contribution is 0.0950. The number of carbonyl (C=O) groups is 1. The number of rotatable bonds is 6. The first kappa shape index (κ1) is 27.8. The number of nitrogens with zero attached hydrogens (tertiary/aromatic N) is 1. The normalized spacial score (nSPS) is 9.64. The molecule has 5 heteroatoms. The minimum atomic E-state index is -0.232. The van der Waals surface area contributed by atoms with Gasteiger partial charge in [-0.15, -0.1) is 0 Å². The number of hydrogen-bond acceptors (Lipinski definition) is 4. The first-order valence-electron chi connectivity index (χ1n) is 9.29. The fourth-order valence-corrected chi connectivity index (χ4v) is 1.61. The number of pyridine rings is 1. The second-order valence-corrected chi connectivity index (χ2v) is 4.17. The molecule has 5 nitrogen and oxygen atoms in total. The average Bonchev–Trinajstić information content (AvgIpc) is 2.71. The van der Waals surface area contributed by atoms with Crippen molar-refractivity contribution < 1.29 is 4.79 Å². The molecule has 1 amide bonds. The zero-order chi connectivity index (χ0) is 20.3. The molecule has 0 bridgehead atoms. The van der Waals surface area contributed by atoms with Crippen molar-refractivity contribution in [3.8, 4) is 0 Å². The molecule has 1 aromatic heterocycles. The smallest absolute Gasteiger partial charge is 0.269 e. The van der Waals surface area contributed by atoms with E-state index in [9.17, 15) is 4.79 Å². The number of carbonyl (C=O) groups excluding carboxylic acids is 1. The van der Waals surface area contributed by atoms with Crippen LogP contribution in [0.5, 0.6) is 0 Å². The van der Waals surface area contributed by atoms with E-state index in [-0.39, 0.29) is 5.91 Å². The molecule has 1 rings (SSSR count). The number of nitrogens with one attached hydrogen (secondary N) is 2. The van der Waals surface area contributed by atoms with E-state index in [4.69, 9.17) is 11.1 Å². The molecule has 0 spiro atoms. The van der Waals surface area contributed by atoms with Crippen molar-refractivity contribution in [1.29, 1.82) is 5.41 Å². The average molecular weight is 351 g/mol. The highest BCUT2D eigenvalue weighted by Crippen LogP contribution is 2.18. The number of allylic oxidation sites excluding steroid dienone is 2. The first-order valence-corrected chi connectivity index (χ1v) is 9.29. The van der Waals surface area contributed by atoms with Crippen LogP contribution in [0.2, 0.25) is 0 Å². The van der Waals surface area contributed by atoms with Gasteiger partial charge in [-0.1, -0.05) is 60.1 Å². The fourth-order valence-electron chi connectivity index (χ4n) is 1.61. The molecular formula is C20H38N4O. The van der Waals surface area contributed by atoms with E-state index >= 15 is 0 Å². The van der Waals surface area contributed by atoms with Gasteiger partial charge >= 0.3 is 0 Å². The Morgan fingerprint density at radius 2 is 1.76 bits per heavy atom. The molecule has 0 radical (unpaired) electrons. The molecule has 4 N–H and O–H groups in total. The Morgan fingerprint density at radius 3 is 2.12 bits per heavy atom. The molecule has 0 aliphatic carbocycles. The topological polar surface area (TPSA) is 91.9 Å². The van der Waals surface area contributed by atoms with Crippen LogP contribution in [-0.4, -0.2) is 30.2 Å². The quantitative estimate of drug-likeness (QED) is 0.650. The maximum atomic E-state index is 11.7. The van der Waals surface area contributed by atoms with Gasteiger partial charge in [-0.2, -0.15) is 0 Å². The Hall–Kier alpha value is -2.01. The van der Waals surface area contributed by atoms with Crippen LogP contribution in [0.15, 0.2) is 23.9 Å². The van der Waals surface area contributed by atoms with Crippen molar-refractivity contribution in [2.45, 2.75) is 61.8 Å². The lowest BCUT2D eigenvalue weighted by atomic mass is 10.0. The molecule has 0 unspecified atom stereocenters. The van der Waals surface area contributed by atoms with Gasteiger partial charge in [0, 0.05) is 31.1 Å². The Labute approximate surface area is 154 Å². The second kappa shape index (κ2) is 20.0. The zero-order valence-corrected chi connectivity index (χ0v) is 17.4. The van der Waals surface area contributed by atoms with Gasteiger partial charge < -0.3 is 16.5 Å². The minimum absolute atomic E-state index is 0.232. The van der Waals surface area contributed by atoms with Gasteiger partial charge in [0.1, 0.15) is 5.69 Å². The molecule has 0 aliphatic heterocycles. The standard InChI is InChI=1S/C14H20N4O.3C2H6/c1-3-10(2)12(8-16)11-4-5-13(18-9-11)14(19)17-7-6-15;3*1-2/h4-5,8-9,16H,3,6-7,15H2,1-2H3,(H,17,19);3*1-2H3/b12-10-,16-8?;;;. The van der Waals surface area contributed by atoms with Gasteiger partial charge in [0.2, 0.25) is 0 Å². The van der Waals surface area contributed by atoms with Crippen LogP contribution >= 0.6 is 0 Å². The largest absolute Gasteiger partial charge is 0.349 e. The first-order chi connectivity index (χ1) is 12.1. The molecule has 1 heterocycles. The Morgan fingerprint density at radius 1 is 1.20 bits per heavy atom. The molecule has 0 atom stereocenters. The summed E-state index contributed by atoms with van der Waals surface area (Å²) in [6.07, 6.45) is 3.82. The summed E-state index contributed by atoms with van der Waals surface area (Å²) >= 11 is 0. The molecule has 0 fully saturated rings. The lowest BCUT2D eigenvalue weighted by Crippen LogP contribution is -2.29. The van der Waals surface area contributed by atoms with Crippen LogP contribution in [-0.2, 0) is 0 Å². The van der Waals surface area contributed by atoms with Gasteiger partial charge in [-0.05, 0) is 25.0 Å². The highest BCUT2D eigenvalue weighted by atomic mass is 16.1. The highest BCUT2D eigenvalue weighted by molar-refractivity contribution is 6.09. The van der Waals surface area contributed by atoms with Crippen LogP contribution in [0.4, 0.5) is 0 Å². The van der Waals surface area contributed by atoms with Crippen molar-refractivity contribution in [3.05, 3.63) is 35.2 Å². The van der Waals surface area contributed by atoms with E-state index in [0.29, 0.717) is 18.8 Å². The van der Waals surface area contributed by atoms with Crippen molar-refractivity contribution in [2.75, 3.05) is 13.1 Å². The molecule has 25 heavy (non-hydrogen) atoms. The highest BCUT2D eigenvalue weighted by Gasteiger charge is 2.08. The van der Waals surface area contributed by atoms with Crippen LogP contribution < -0.4 is 11.1 Å². The summed E-state index contributed by atoms with van der Waals surface area (Å²) in [6.45, 7) is 16.9. The Bertz CT molecular complexity index is 479. The van der Waals surface area contributed by atoms with Crippen LogP contribution in [0.3, 0.4) is 0 Å². The summed E-state index contributed by atoms with van der Waals surface area (Å²) in [5.41, 5.74) is 8.50. The molecule has 1 aromatic rings. The molecule has 0 aliphatic rings. The van der Waals surface area contributed by atoms with Crippen LogP contribution in [0.25, 0.3) is 5.57 Å². The predicted molar refractivity (Wildman–Crippen MR) is 111 cm³/mol. The number of aromatic nitrogens is 1. The number of nitrogens with two attached hydrogens (primary N) is 1. The predicted octanol–water partition coefficient (Wildman–Crippen LogP) is 4.68. The van der Waals surface area contributed by atoms with Gasteiger partial charge in [-0.25, -0.2) is 0 Å². The SMILES string of the molecule is CC.CC.CC.CC/C(C)=C(/C=N)c1ccc(C(=O)NCCN)nc1. The van der Waals surface area contributed by atoms with Crippen molar-refractivity contribution in [1.82, 2.24) is 10.3 Å². The maximum Gasteiger partial charge on any atom is 0.269 e. The van der Waals surface area contributed by atoms with Crippen molar-refractivity contribution in [3.63, 3.8) is 0 Å². The molecule has 144 valence electrons. The van der Waals surface area contributed by atoms with E-state index in [0.717, 1.165) is 23.1 Å². The third-order valence-corrected chi connectivity index (χ3v) is 2.87. The maximum absolute atomic E-state index is 11.7. The number of hydrogen-bond donors (Lipinski definition) is 3. The summed E-state index contributed by atoms with van der Waals surface area (Å²) in [5, 5.41) is 10.1. The molecular weight excluding hydrogens is 312 g/mol. The zero-order valence-electron chi connectivity index (χ0n) is 17.4. The minimum Gasteiger partial charge on any atom is -0.349 e. The fraction of sp³-hybridized carbons (Fsp3) is 0.550. The lowest BCUT2D eigenvalue weighted by Gasteiger charge is -2.07. The molecule has 0 saturated heterocycles. The van der Waals surface area contributed by atoms with Crippen molar-refractivity contribution >= 4 is 17.7 Å². The van der Waals surface area contributed by atoms with Crippen LogP contribution in [0, 0.1) is 5.41 Å². The molecule has 0 aromatic carbocycles. The van der Waals surface area contributed by atoms with Crippen LogP contribution in [0.1, 0.15) is 77.9 Å². The van der Waals surface area contributed by atoms with Crippen molar-refractivity contribution in [2.24, 2.45) is 5.73 Å². The summed E-state index contributed by atoms with van der Waals surface area (Å²) < 4.78 is 0. The van der Waals surface area contributed by atoms with Gasteiger partial charge in [-0.3, -0.25) is 9.78 Å². The third kappa shape index (κ3) is 11.2. The molecule has 0 saturated carbocycles. The van der Waals surface area contributed by atoms with Gasteiger partial charge in [0.05, 0.1) is 0 Å².